The first-order chi connectivity index (χ1) is 15.1. The third-order valence-corrected chi connectivity index (χ3v) is 6.03. The lowest BCUT2D eigenvalue weighted by atomic mass is 10.1. The third-order valence-electron chi connectivity index (χ3n) is 5.45. The molecule has 0 radical (unpaired) electrons. The van der Waals surface area contributed by atoms with Gasteiger partial charge in [-0.15, -0.1) is 0 Å². The summed E-state index contributed by atoms with van der Waals surface area (Å²) in [7, 11) is 0. The second-order valence-corrected chi connectivity index (χ2v) is 8.40. The van der Waals surface area contributed by atoms with Crippen LogP contribution in [0.15, 0.2) is 69.9 Å². The molecule has 2 aromatic carbocycles. The molecule has 7 heteroatoms. The van der Waals surface area contributed by atoms with Gasteiger partial charge in [0.05, 0.1) is 22.8 Å². The van der Waals surface area contributed by atoms with Crippen molar-refractivity contribution in [2.75, 3.05) is 6.54 Å². The van der Waals surface area contributed by atoms with Gasteiger partial charge in [0.1, 0.15) is 17.3 Å². The van der Waals surface area contributed by atoms with Gasteiger partial charge in [0.25, 0.3) is 5.56 Å². The minimum atomic E-state index is -0.101. The number of H-pyrrole nitrogens is 1. The summed E-state index contributed by atoms with van der Waals surface area (Å²) in [5.41, 5.74) is 3.17. The molecule has 0 saturated carbocycles. The average Bonchev–Trinajstić information content (AvgIpc) is 3.23. The van der Waals surface area contributed by atoms with Crippen LogP contribution in [0.3, 0.4) is 0 Å². The first-order valence-electron chi connectivity index (χ1n) is 10.0. The molecule has 0 aliphatic carbocycles. The lowest BCUT2D eigenvalue weighted by Gasteiger charge is -2.26. The van der Waals surface area contributed by atoms with E-state index in [1.54, 1.807) is 12.1 Å². The summed E-state index contributed by atoms with van der Waals surface area (Å²) in [5.74, 6) is 2.15. The van der Waals surface area contributed by atoms with Crippen LogP contribution in [0.2, 0.25) is 10.0 Å². The predicted octanol–water partition coefficient (Wildman–Crippen LogP) is 5.56. The summed E-state index contributed by atoms with van der Waals surface area (Å²) in [6.07, 6.45) is 0.706. The highest BCUT2D eigenvalue weighted by molar-refractivity contribution is 6.33. The van der Waals surface area contributed by atoms with Gasteiger partial charge in [-0.2, -0.15) is 0 Å². The summed E-state index contributed by atoms with van der Waals surface area (Å²) in [6, 6.07) is 18.8. The number of halogens is 2. The van der Waals surface area contributed by atoms with Gasteiger partial charge in [-0.3, -0.25) is 9.69 Å². The minimum Gasteiger partial charge on any atom is -0.460 e. The van der Waals surface area contributed by atoms with Crippen LogP contribution < -0.4 is 5.56 Å². The quantitative estimate of drug-likeness (QED) is 0.440. The Morgan fingerprint density at radius 1 is 1.03 bits per heavy atom. The van der Waals surface area contributed by atoms with Crippen LogP contribution in [0.5, 0.6) is 0 Å². The minimum absolute atomic E-state index is 0.101. The highest BCUT2D eigenvalue weighted by atomic mass is 35.5. The number of benzene rings is 2. The largest absolute Gasteiger partial charge is 0.460 e. The van der Waals surface area contributed by atoms with Crippen LogP contribution in [0.4, 0.5) is 0 Å². The molecule has 31 heavy (non-hydrogen) atoms. The summed E-state index contributed by atoms with van der Waals surface area (Å²) in [6.45, 7) is 1.94. The number of aromatic nitrogens is 2. The maximum Gasteiger partial charge on any atom is 0.255 e. The van der Waals surface area contributed by atoms with E-state index < -0.39 is 0 Å². The fourth-order valence-corrected chi connectivity index (χ4v) is 4.20. The van der Waals surface area contributed by atoms with E-state index in [0.29, 0.717) is 40.9 Å². The number of hydrogen-bond acceptors (Lipinski definition) is 4. The molecular formula is C24H19Cl2N3O2. The highest BCUT2D eigenvalue weighted by Crippen LogP contribution is 2.30. The Morgan fingerprint density at radius 2 is 1.84 bits per heavy atom. The summed E-state index contributed by atoms with van der Waals surface area (Å²) in [4.78, 5) is 22.6. The number of nitrogens with one attached hydrogen (secondary N) is 1. The molecular weight excluding hydrogens is 433 g/mol. The second kappa shape index (κ2) is 8.35. The average molecular weight is 452 g/mol. The molecule has 0 saturated heterocycles. The van der Waals surface area contributed by atoms with Crippen LogP contribution in [0.1, 0.15) is 17.0 Å². The van der Waals surface area contributed by atoms with E-state index in [4.69, 9.17) is 32.6 Å². The SMILES string of the molecule is O=c1[nH]c(-c2ccc(Cl)cc2)nc2c1CN(Cc1ccc(-c3ccccc3Cl)o1)CC2. The van der Waals surface area contributed by atoms with Crippen LogP contribution in [0.25, 0.3) is 22.7 Å². The lowest BCUT2D eigenvalue weighted by Crippen LogP contribution is -2.35. The molecule has 1 aliphatic rings. The van der Waals surface area contributed by atoms with Gasteiger partial charge in [0, 0.05) is 35.7 Å². The highest BCUT2D eigenvalue weighted by Gasteiger charge is 2.22. The predicted molar refractivity (Wildman–Crippen MR) is 122 cm³/mol. The van der Waals surface area contributed by atoms with Gasteiger partial charge >= 0.3 is 0 Å². The van der Waals surface area contributed by atoms with Gasteiger partial charge in [-0.1, -0.05) is 35.3 Å². The number of aromatic amines is 1. The van der Waals surface area contributed by atoms with Gasteiger partial charge in [-0.25, -0.2) is 4.98 Å². The van der Waals surface area contributed by atoms with Crippen molar-refractivity contribution in [2.45, 2.75) is 19.5 Å². The molecule has 5 rings (SSSR count). The Hall–Kier alpha value is -2.86. The lowest BCUT2D eigenvalue weighted by molar-refractivity contribution is 0.223. The van der Waals surface area contributed by atoms with Crippen molar-refractivity contribution in [2.24, 2.45) is 0 Å². The van der Waals surface area contributed by atoms with Crippen LogP contribution in [-0.2, 0) is 19.5 Å². The van der Waals surface area contributed by atoms with Crippen molar-refractivity contribution >= 4 is 23.2 Å². The first kappa shape index (κ1) is 20.1. The topological polar surface area (TPSA) is 62.1 Å². The Kier molecular flexibility index (Phi) is 5.40. The number of hydrogen-bond donors (Lipinski definition) is 1. The monoisotopic (exact) mass is 451 g/mol. The van der Waals surface area contributed by atoms with Crippen molar-refractivity contribution in [3.63, 3.8) is 0 Å². The van der Waals surface area contributed by atoms with Crippen molar-refractivity contribution < 1.29 is 4.42 Å². The molecule has 2 aromatic heterocycles. The molecule has 3 heterocycles. The zero-order valence-corrected chi connectivity index (χ0v) is 18.1. The number of nitrogens with zero attached hydrogens (tertiary/aromatic N) is 2. The molecule has 5 nitrogen and oxygen atoms in total. The Morgan fingerprint density at radius 3 is 2.65 bits per heavy atom. The Balaban J connectivity index is 1.34. The standard InChI is InChI=1S/C24H19Cl2N3O2/c25-16-7-5-15(6-8-16)23-27-21-11-12-29(14-19(21)24(30)28-23)13-17-9-10-22(31-17)18-3-1-2-4-20(18)26/h1-10H,11-14H2,(H,27,28,30). The van der Waals surface area contributed by atoms with E-state index in [1.807, 2.05) is 48.5 Å². The fourth-order valence-electron chi connectivity index (χ4n) is 3.85. The van der Waals surface area contributed by atoms with Crippen molar-refractivity contribution in [1.29, 1.82) is 0 Å². The fraction of sp³-hybridized carbons (Fsp3) is 0.167. The summed E-state index contributed by atoms with van der Waals surface area (Å²) in [5, 5.41) is 1.31. The van der Waals surface area contributed by atoms with E-state index >= 15 is 0 Å². The van der Waals surface area contributed by atoms with Gasteiger partial charge in [0.2, 0.25) is 0 Å². The van der Waals surface area contributed by atoms with Crippen molar-refractivity contribution in [1.82, 2.24) is 14.9 Å². The normalized spacial score (nSPS) is 13.9. The molecule has 0 unspecified atom stereocenters. The van der Waals surface area contributed by atoms with Crippen LogP contribution >= 0.6 is 23.2 Å². The molecule has 0 amide bonds. The molecule has 0 bridgehead atoms. The van der Waals surface area contributed by atoms with Crippen LogP contribution in [0, 0.1) is 0 Å². The molecule has 156 valence electrons. The summed E-state index contributed by atoms with van der Waals surface area (Å²) >= 11 is 12.2. The van der Waals surface area contributed by atoms with E-state index in [-0.39, 0.29) is 5.56 Å². The molecule has 4 aromatic rings. The molecule has 0 spiro atoms. The van der Waals surface area contributed by atoms with E-state index in [9.17, 15) is 4.79 Å². The van der Waals surface area contributed by atoms with Crippen molar-refractivity contribution in [3.8, 4) is 22.7 Å². The van der Waals surface area contributed by atoms with Crippen molar-refractivity contribution in [3.05, 3.63) is 98.1 Å². The maximum absolute atomic E-state index is 12.8. The van der Waals surface area contributed by atoms with Crippen LogP contribution in [-0.4, -0.2) is 21.4 Å². The number of rotatable bonds is 4. The molecule has 0 atom stereocenters. The smallest absolute Gasteiger partial charge is 0.255 e. The third kappa shape index (κ3) is 4.17. The maximum atomic E-state index is 12.8. The van der Waals surface area contributed by atoms with Gasteiger partial charge in [0.15, 0.2) is 0 Å². The van der Waals surface area contributed by atoms with Gasteiger partial charge in [-0.05, 0) is 48.5 Å². The molecule has 1 aliphatic heterocycles. The zero-order chi connectivity index (χ0) is 21.4. The second-order valence-electron chi connectivity index (χ2n) is 7.55. The zero-order valence-electron chi connectivity index (χ0n) is 16.6. The number of fused-ring (bicyclic) bond motifs is 1. The summed E-state index contributed by atoms with van der Waals surface area (Å²) < 4.78 is 6.02. The van der Waals surface area contributed by atoms with E-state index in [1.165, 1.54) is 0 Å². The Bertz CT molecular complexity index is 1290. The Labute approximate surface area is 189 Å². The molecule has 1 N–H and O–H groups in total. The molecule has 0 fully saturated rings. The van der Waals surface area contributed by atoms with E-state index in [2.05, 4.69) is 9.88 Å². The van der Waals surface area contributed by atoms with Gasteiger partial charge < -0.3 is 9.40 Å². The number of furan rings is 1. The van der Waals surface area contributed by atoms with E-state index in [0.717, 1.165) is 34.9 Å². The first-order valence-corrected chi connectivity index (χ1v) is 10.8.